The first-order valence-electron chi connectivity index (χ1n) is 12.6. The van der Waals surface area contributed by atoms with Crippen molar-refractivity contribution in [2.24, 2.45) is 24.8 Å². The number of nitrogens with zero attached hydrogens (tertiary/aromatic N) is 4. The van der Waals surface area contributed by atoms with Crippen molar-refractivity contribution in [2.75, 3.05) is 19.6 Å². The standard InChI is InChI=1S/C25H40N4O/c1-17(2)11-12-23-19-14-18(22-10-6-7-13-29(22)23)15-28(16-19)25(30)24-20-8-4-5-9-21(20)26-27(24)3/h17-19,22-23H,4-16H2,1-3H3/t18-,19+,22+,23+/m1/s1. The smallest absolute Gasteiger partial charge is 0.272 e. The van der Waals surface area contributed by atoms with Gasteiger partial charge in [0.1, 0.15) is 5.69 Å². The first-order valence-corrected chi connectivity index (χ1v) is 12.6. The van der Waals surface area contributed by atoms with E-state index in [2.05, 4.69) is 23.6 Å². The van der Waals surface area contributed by atoms with E-state index in [1.807, 2.05) is 11.7 Å². The van der Waals surface area contributed by atoms with Crippen LogP contribution in [0.5, 0.6) is 0 Å². The van der Waals surface area contributed by atoms with E-state index < -0.39 is 0 Å². The second kappa shape index (κ2) is 8.29. The molecule has 5 nitrogen and oxygen atoms in total. The zero-order valence-corrected chi connectivity index (χ0v) is 19.3. The Kier molecular flexibility index (Phi) is 5.68. The minimum Gasteiger partial charge on any atom is -0.337 e. The summed E-state index contributed by atoms with van der Waals surface area (Å²) in [5, 5.41) is 4.73. The number of aromatic nitrogens is 2. The van der Waals surface area contributed by atoms with Gasteiger partial charge in [-0.15, -0.1) is 0 Å². The molecule has 3 fully saturated rings. The molecule has 3 saturated heterocycles. The number of aryl methyl sites for hydroxylation is 2. The van der Waals surface area contributed by atoms with Crippen molar-refractivity contribution in [3.05, 3.63) is 17.0 Å². The average Bonchev–Trinajstić information content (AvgIpc) is 3.08. The Hall–Kier alpha value is -1.36. The normalized spacial score (nSPS) is 31.5. The van der Waals surface area contributed by atoms with Crippen LogP contribution in [0.3, 0.4) is 0 Å². The Labute approximate surface area is 182 Å². The van der Waals surface area contributed by atoms with Crippen molar-refractivity contribution >= 4 is 5.91 Å². The van der Waals surface area contributed by atoms with Crippen LogP contribution in [0.15, 0.2) is 0 Å². The molecule has 0 aromatic carbocycles. The van der Waals surface area contributed by atoms with Gasteiger partial charge >= 0.3 is 0 Å². The van der Waals surface area contributed by atoms with E-state index >= 15 is 0 Å². The molecule has 0 radical (unpaired) electrons. The van der Waals surface area contributed by atoms with Gasteiger partial charge in [-0.05, 0) is 82.1 Å². The molecule has 1 aliphatic carbocycles. The fourth-order valence-corrected chi connectivity index (χ4v) is 7.07. The molecule has 30 heavy (non-hydrogen) atoms. The van der Waals surface area contributed by atoms with Gasteiger partial charge < -0.3 is 4.90 Å². The highest BCUT2D eigenvalue weighted by Gasteiger charge is 2.48. The Bertz CT molecular complexity index is 784. The van der Waals surface area contributed by atoms with Gasteiger partial charge in [0.05, 0.1) is 5.69 Å². The molecule has 166 valence electrons. The van der Waals surface area contributed by atoms with Crippen molar-refractivity contribution in [3.63, 3.8) is 0 Å². The molecular weight excluding hydrogens is 372 g/mol. The summed E-state index contributed by atoms with van der Waals surface area (Å²) in [6, 6.07) is 1.37. The van der Waals surface area contributed by atoms with Gasteiger partial charge in [0.15, 0.2) is 0 Å². The molecule has 1 aromatic heterocycles. The monoisotopic (exact) mass is 412 g/mol. The van der Waals surface area contributed by atoms with Gasteiger partial charge in [-0.1, -0.05) is 20.3 Å². The van der Waals surface area contributed by atoms with Crippen molar-refractivity contribution in [1.29, 1.82) is 0 Å². The largest absolute Gasteiger partial charge is 0.337 e. The fourth-order valence-electron chi connectivity index (χ4n) is 7.07. The van der Waals surface area contributed by atoms with Crippen LogP contribution in [0.2, 0.25) is 0 Å². The van der Waals surface area contributed by atoms with Crippen LogP contribution >= 0.6 is 0 Å². The molecule has 5 heteroatoms. The third kappa shape index (κ3) is 3.61. The van der Waals surface area contributed by atoms with Crippen LogP contribution < -0.4 is 0 Å². The van der Waals surface area contributed by atoms with Gasteiger partial charge in [-0.3, -0.25) is 14.4 Å². The summed E-state index contributed by atoms with van der Waals surface area (Å²) >= 11 is 0. The van der Waals surface area contributed by atoms with E-state index in [1.165, 1.54) is 69.2 Å². The summed E-state index contributed by atoms with van der Waals surface area (Å²) in [7, 11) is 1.98. The summed E-state index contributed by atoms with van der Waals surface area (Å²) < 4.78 is 1.89. The highest BCUT2D eigenvalue weighted by Crippen LogP contribution is 2.43. The van der Waals surface area contributed by atoms with E-state index in [-0.39, 0.29) is 5.91 Å². The summed E-state index contributed by atoms with van der Waals surface area (Å²) in [4.78, 5) is 18.9. The van der Waals surface area contributed by atoms with E-state index in [0.717, 1.165) is 37.5 Å². The molecule has 0 unspecified atom stereocenters. The van der Waals surface area contributed by atoms with E-state index in [0.29, 0.717) is 23.9 Å². The van der Waals surface area contributed by atoms with Gasteiger partial charge in [0.25, 0.3) is 5.91 Å². The van der Waals surface area contributed by atoms with Gasteiger partial charge in [-0.2, -0.15) is 5.10 Å². The summed E-state index contributed by atoms with van der Waals surface area (Å²) in [5.41, 5.74) is 3.32. The van der Waals surface area contributed by atoms with Gasteiger partial charge in [0.2, 0.25) is 0 Å². The zero-order chi connectivity index (χ0) is 20.8. The number of hydrogen-bond donors (Lipinski definition) is 0. The average molecular weight is 413 g/mol. The minimum absolute atomic E-state index is 0.259. The van der Waals surface area contributed by atoms with Gasteiger partial charge in [0, 0.05) is 37.8 Å². The Morgan fingerprint density at radius 2 is 1.90 bits per heavy atom. The number of piperidine rings is 3. The van der Waals surface area contributed by atoms with E-state index in [4.69, 9.17) is 5.10 Å². The van der Waals surface area contributed by atoms with E-state index in [9.17, 15) is 4.79 Å². The lowest BCUT2D eigenvalue weighted by Gasteiger charge is -2.57. The molecule has 5 rings (SSSR count). The number of amides is 1. The minimum atomic E-state index is 0.259. The van der Waals surface area contributed by atoms with Crippen LogP contribution in [-0.4, -0.2) is 57.2 Å². The molecule has 2 bridgehead atoms. The molecule has 1 amide bonds. The molecule has 3 aliphatic heterocycles. The molecule has 4 aliphatic rings. The summed E-state index contributed by atoms with van der Waals surface area (Å²) in [6.45, 7) is 7.88. The third-order valence-corrected chi connectivity index (χ3v) is 8.47. The third-order valence-electron chi connectivity index (χ3n) is 8.47. The topological polar surface area (TPSA) is 41.4 Å². The summed E-state index contributed by atoms with van der Waals surface area (Å²) in [5.74, 6) is 2.32. The maximum atomic E-state index is 13.8. The van der Waals surface area contributed by atoms with Crippen molar-refractivity contribution in [1.82, 2.24) is 19.6 Å². The number of fused-ring (bicyclic) bond motifs is 5. The van der Waals surface area contributed by atoms with E-state index in [1.54, 1.807) is 0 Å². The Balaban J connectivity index is 1.40. The second-order valence-corrected chi connectivity index (χ2v) is 10.9. The Morgan fingerprint density at radius 3 is 2.73 bits per heavy atom. The van der Waals surface area contributed by atoms with Crippen LogP contribution in [0.25, 0.3) is 0 Å². The Morgan fingerprint density at radius 1 is 1.10 bits per heavy atom. The van der Waals surface area contributed by atoms with Crippen molar-refractivity contribution in [3.8, 4) is 0 Å². The first kappa shape index (κ1) is 20.5. The molecule has 1 aromatic rings. The predicted molar refractivity (Wildman–Crippen MR) is 120 cm³/mol. The molecule has 0 N–H and O–H groups in total. The lowest BCUT2D eigenvalue weighted by molar-refractivity contribution is -0.0683. The highest BCUT2D eigenvalue weighted by atomic mass is 16.2. The zero-order valence-electron chi connectivity index (χ0n) is 19.3. The van der Waals surface area contributed by atoms with Crippen LogP contribution in [0, 0.1) is 17.8 Å². The number of hydrogen-bond acceptors (Lipinski definition) is 3. The van der Waals surface area contributed by atoms with Crippen LogP contribution in [0.1, 0.15) is 87.0 Å². The number of likely N-dealkylation sites (tertiary alicyclic amines) is 1. The summed E-state index contributed by atoms with van der Waals surface area (Å²) in [6.07, 6.45) is 12.5. The number of rotatable bonds is 4. The lowest BCUT2D eigenvalue weighted by atomic mass is 9.71. The number of carbonyl (C=O) groups excluding carboxylic acids is 1. The van der Waals surface area contributed by atoms with Gasteiger partial charge in [-0.25, -0.2) is 0 Å². The quantitative estimate of drug-likeness (QED) is 0.749. The molecule has 0 saturated carbocycles. The second-order valence-electron chi connectivity index (χ2n) is 10.9. The maximum Gasteiger partial charge on any atom is 0.272 e. The fraction of sp³-hybridized carbons (Fsp3) is 0.840. The lowest BCUT2D eigenvalue weighted by Crippen LogP contribution is -2.64. The molecular formula is C25H40N4O. The molecule has 0 spiro atoms. The maximum absolute atomic E-state index is 13.8. The SMILES string of the molecule is CC(C)CC[C@H]1[C@H]2C[C@H](CN(C(=O)c3c4c(nn3C)CCCC4)C2)[C@@H]2CCCCN21. The molecule has 4 atom stereocenters. The van der Waals surface area contributed by atoms with Crippen molar-refractivity contribution < 1.29 is 4.79 Å². The predicted octanol–water partition coefficient (Wildman–Crippen LogP) is 4.05. The van der Waals surface area contributed by atoms with Crippen LogP contribution in [-0.2, 0) is 19.9 Å². The highest BCUT2D eigenvalue weighted by molar-refractivity contribution is 5.94. The first-order chi connectivity index (χ1) is 14.5. The molecule has 4 heterocycles. The van der Waals surface area contributed by atoms with Crippen molar-refractivity contribution in [2.45, 2.75) is 90.1 Å². The number of carbonyl (C=O) groups is 1. The van der Waals surface area contributed by atoms with Crippen LogP contribution in [0.4, 0.5) is 0 Å².